The molecule has 0 aliphatic carbocycles. The van der Waals surface area contributed by atoms with E-state index >= 15 is 0 Å². The van der Waals surface area contributed by atoms with Gasteiger partial charge in [0.15, 0.2) is 0 Å². The van der Waals surface area contributed by atoms with Gasteiger partial charge in [0, 0.05) is 6.54 Å². The van der Waals surface area contributed by atoms with Crippen LogP contribution in [0, 0.1) is 11.3 Å². The number of nitrogens with zero attached hydrogens (tertiary/aromatic N) is 2. The van der Waals surface area contributed by atoms with Crippen LogP contribution in [0.4, 0.5) is 0 Å². The van der Waals surface area contributed by atoms with Crippen molar-refractivity contribution in [1.29, 1.82) is 5.26 Å². The summed E-state index contributed by atoms with van der Waals surface area (Å²) in [5.41, 5.74) is -0.614. The van der Waals surface area contributed by atoms with Crippen LogP contribution < -0.4 is 0 Å². The highest BCUT2D eigenvalue weighted by atomic mass is 16.3. The molecule has 0 aromatic carbocycles. The molecule has 0 spiro atoms. The zero-order valence-electron chi connectivity index (χ0n) is 9.16. The predicted molar refractivity (Wildman–Crippen MR) is 55.7 cm³/mol. The fraction of sp³-hybridized carbons (Fsp3) is 0.909. The topological polar surface area (TPSA) is 47.3 Å². The lowest BCUT2D eigenvalue weighted by Gasteiger charge is -2.32. The van der Waals surface area contributed by atoms with E-state index in [1.54, 1.807) is 0 Å². The summed E-state index contributed by atoms with van der Waals surface area (Å²) in [4.78, 5) is 2.20. The molecular formula is C11H20N2O. The highest BCUT2D eigenvalue weighted by Gasteiger charge is 2.23. The molecule has 1 rings (SSSR count). The quantitative estimate of drug-likeness (QED) is 0.744. The van der Waals surface area contributed by atoms with Crippen LogP contribution in [-0.4, -0.2) is 34.7 Å². The summed E-state index contributed by atoms with van der Waals surface area (Å²) in [6.07, 6.45) is 4.08. The van der Waals surface area contributed by atoms with Gasteiger partial charge >= 0.3 is 0 Å². The second-order valence-corrected chi connectivity index (χ2v) is 4.74. The van der Waals surface area contributed by atoms with Gasteiger partial charge in [-0.3, -0.25) is 4.90 Å². The maximum Gasteiger partial charge on any atom is 0.0977 e. The maximum atomic E-state index is 9.60. The average Bonchev–Trinajstić information content (AvgIpc) is 2.14. The Bertz CT molecular complexity index is 214. The molecule has 1 heterocycles. The molecule has 3 nitrogen and oxygen atoms in total. The molecule has 3 heteroatoms. The first kappa shape index (κ1) is 11.5. The van der Waals surface area contributed by atoms with Crippen LogP contribution in [0.25, 0.3) is 0 Å². The molecule has 0 bridgehead atoms. The smallest absolute Gasteiger partial charge is 0.0977 e. The first-order chi connectivity index (χ1) is 6.53. The Hall–Kier alpha value is -0.590. The molecule has 1 saturated heterocycles. The van der Waals surface area contributed by atoms with Gasteiger partial charge < -0.3 is 5.11 Å². The fourth-order valence-corrected chi connectivity index (χ4v) is 1.82. The molecule has 0 amide bonds. The lowest BCUT2D eigenvalue weighted by Crippen LogP contribution is -2.41. The van der Waals surface area contributed by atoms with Gasteiger partial charge in [-0.25, -0.2) is 0 Å². The fourth-order valence-electron chi connectivity index (χ4n) is 1.82. The van der Waals surface area contributed by atoms with Crippen molar-refractivity contribution < 1.29 is 5.11 Å². The summed E-state index contributed by atoms with van der Waals surface area (Å²) in [7, 11) is 0. The Labute approximate surface area is 86.3 Å². The van der Waals surface area contributed by atoms with Gasteiger partial charge in [0.25, 0.3) is 0 Å². The number of likely N-dealkylation sites (tertiary alicyclic amines) is 1. The van der Waals surface area contributed by atoms with Crippen molar-refractivity contribution in [2.24, 2.45) is 0 Å². The lowest BCUT2D eigenvalue weighted by molar-refractivity contribution is 0.0500. The minimum atomic E-state index is -0.614. The Morgan fingerprint density at radius 2 is 2.21 bits per heavy atom. The Kier molecular flexibility index (Phi) is 3.91. The summed E-state index contributed by atoms with van der Waals surface area (Å²) in [6.45, 7) is 5.48. The van der Waals surface area contributed by atoms with Crippen LogP contribution in [0.2, 0.25) is 0 Å². The first-order valence-electron chi connectivity index (χ1n) is 5.39. The van der Waals surface area contributed by atoms with Gasteiger partial charge in [-0.1, -0.05) is 0 Å². The standard InChI is InChI=1S/C11H20N2O/c1-11(2,14)6-8-13-7-4-3-5-10(13)9-12/h10,14H,3-8H2,1-2H3. The van der Waals surface area contributed by atoms with Gasteiger partial charge in [-0.2, -0.15) is 5.26 Å². The largest absolute Gasteiger partial charge is 0.390 e. The number of rotatable bonds is 3. The van der Waals surface area contributed by atoms with Gasteiger partial charge in [0.1, 0.15) is 0 Å². The molecule has 1 aliphatic heterocycles. The van der Waals surface area contributed by atoms with Gasteiger partial charge in [-0.05, 0) is 46.1 Å². The molecule has 0 radical (unpaired) electrons. The zero-order chi connectivity index (χ0) is 10.6. The number of piperidine rings is 1. The molecule has 0 aromatic heterocycles. The van der Waals surface area contributed by atoms with Crippen molar-refractivity contribution in [3.05, 3.63) is 0 Å². The van der Waals surface area contributed by atoms with Crippen molar-refractivity contribution in [1.82, 2.24) is 4.90 Å². The van der Waals surface area contributed by atoms with E-state index in [0.29, 0.717) is 0 Å². The minimum Gasteiger partial charge on any atom is -0.390 e. The molecule has 1 N–H and O–H groups in total. The highest BCUT2D eigenvalue weighted by Crippen LogP contribution is 2.18. The van der Waals surface area contributed by atoms with E-state index in [1.165, 1.54) is 6.42 Å². The van der Waals surface area contributed by atoms with E-state index in [9.17, 15) is 5.11 Å². The van der Waals surface area contributed by atoms with E-state index in [2.05, 4.69) is 11.0 Å². The van der Waals surface area contributed by atoms with Crippen molar-refractivity contribution in [3.63, 3.8) is 0 Å². The highest BCUT2D eigenvalue weighted by molar-refractivity contribution is 4.94. The molecule has 80 valence electrons. The van der Waals surface area contributed by atoms with Gasteiger partial charge in [-0.15, -0.1) is 0 Å². The minimum absolute atomic E-state index is 0.0751. The van der Waals surface area contributed by atoms with E-state index in [4.69, 9.17) is 5.26 Å². The summed E-state index contributed by atoms with van der Waals surface area (Å²) >= 11 is 0. The van der Waals surface area contributed by atoms with Crippen LogP contribution in [0.5, 0.6) is 0 Å². The van der Waals surface area contributed by atoms with Crippen molar-refractivity contribution in [3.8, 4) is 6.07 Å². The Balaban J connectivity index is 2.38. The number of hydrogen-bond acceptors (Lipinski definition) is 3. The first-order valence-corrected chi connectivity index (χ1v) is 5.39. The molecule has 1 aliphatic rings. The molecule has 1 atom stereocenters. The molecule has 1 fully saturated rings. The SMILES string of the molecule is CC(C)(O)CCN1CCCCC1C#N. The van der Waals surface area contributed by atoms with Crippen LogP contribution in [-0.2, 0) is 0 Å². The second kappa shape index (κ2) is 4.77. The van der Waals surface area contributed by atoms with Crippen molar-refractivity contribution in [2.45, 2.75) is 51.2 Å². The van der Waals surface area contributed by atoms with E-state index in [0.717, 1.165) is 32.4 Å². The predicted octanol–water partition coefficient (Wildman–Crippen LogP) is 1.53. The molecule has 1 unspecified atom stereocenters. The lowest BCUT2D eigenvalue weighted by atomic mass is 10.00. The zero-order valence-corrected chi connectivity index (χ0v) is 9.16. The van der Waals surface area contributed by atoms with E-state index in [1.807, 2.05) is 13.8 Å². The number of nitriles is 1. The summed E-state index contributed by atoms with van der Waals surface area (Å²) in [5.74, 6) is 0. The monoisotopic (exact) mass is 196 g/mol. The second-order valence-electron chi connectivity index (χ2n) is 4.74. The molecular weight excluding hydrogens is 176 g/mol. The molecule has 0 aromatic rings. The van der Waals surface area contributed by atoms with Crippen molar-refractivity contribution >= 4 is 0 Å². The summed E-state index contributed by atoms with van der Waals surface area (Å²) < 4.78 is 0. The summed E-state index contributed by atoms with van der Waals surface area (Å²) in [5, 5.41) is 18.5. The maximum absolute atomic E-state index is 9.60. The number of hydrogen-bond donors (Lipinski definition) is 1. The Morgan fingerprint density at radius 3 is 2.79 bits per heavy atom. The summed E-state index contributed by atoms with van der Waals surface area (Å²) in [6, 6.07) is 2.41. The van der Waals surface area contributed by atoms with E-state index in [-0.39, 0.29) is 6.04 Å². The third-order valence-corrected chi connectivity index (χ3v) is 2.77. The van der Waals surface area contributed by atoms with Crippen LogP contribution in [0.15, 0.2) is 0 Å². The van der Waals surface area contributed by atoms with Crippen LogP contribution >= 0.6 is 0 Å². The third-order valence-electron chi connectivity index (χ3n) is 2.77. The Morgan fingerprint density at radius 1 is 1.50 bits per heavy atom. The van der Waals surface area contributed by atoms with Gasteiger partial charge in [0.2, 0.25) is 0 Å². The number of aliphatic hydroxyl groups is 1. The average molecular weight is 196 g/mol. The molecule has 0 saturated carbocycles. The molecule has 14 heavy (non-hydrogen) atoms. The normalized spacial score (nSPS) is 24.6. The van der Waals surface area contributed by atoms with E-state index < -0.39 is 5.60 Å². The van der Waals surface area contributed by atoms with Crippen LogP contribution in [0.1, 0.15) is 39.5 Å². The van der Waals surface area contributed by atoms with Gasteiger partial charge in [0.05, 0.1) is 17.7 Å². The van der Waals surface area contributed by atoms with Crippen molar-refractivity contribution in [2.75, 3.05) is 13.1 Å². The van der Waals surface area contributed by atoms with Crippen LogP contribution in [0.3, 0.4) is 0 Å². The third kappa shape index (κ3) is 3.65.